The van der Waals surface area contributed by atoms with Crippen LogP contribution in [0.15, 0.2) is 53.8 Å². The molecule has 1 aromatic carbocycles. The fraction of sp³-hybridized carbons (Fsp3) is 0. The molecule has 80 valence electrons. The van der Waals surface area contributed by atoms with Gasteiger partial charge >= 0.3 is 0 Å². The van der Waals surface area contributed by atoms with Crippen molar-refractivity contribution < 1.29 is 9.60 Å². The molecule has 0 bridgehead atoms. The van der Waals surface area contributed by atoms with Gasteiger partial charge in [0.2, 0.25) is 0 Å². The molecule has 1 aromatic heterocycles. The van der Waals surface area contributed by atoms with Crippen molar-refractivity contribution in [2.45, 2.75) is 0 Å². The molecule has 0 saturated heterocycles. The predicted octanol–water partition coefficient (Wildman–Crippen LogP) is 2.45. The molecule has 0 spiro atoms. The lowest BCUT2D eigenvalue weighted by atomic mass is 10.1. The summed E-state index contributed by atoms with van der Waals surface area (Å²) < 4.78 is 13.5. The number of hydrogen-bond donors (Lipinski definition) is 1. The highest BCUT2D eigenvalue weighted by atomic mass is 19.1. The van der Waals surface area contributed by atoms with E-state index in [1.54, 1.807) is 24.3 Å². The summed E-state index contributed by atoms with van der Waals surface area (Å²) in [6.45, 7) is 0. The van der Waals surface area contributed by atoms with E-state index in [0.29, 0.717) is 5.56 Å². The highest BCUT2D eigenvalue weighted by Gasteiger charge is 2.13. The lowest BCUT2D eigenvalue weighted by molar-refractivity contribution is 0.319. The summed E-state index contributed by atoms with van der Waals surface area (Å²) in [5, 5.41) is 12.0. The summed E-state index contributed by atoms with van der Waals surface area (Å²) in [6.07, 6.45) is 1.45. The Labute approximate surface area is 91.9 Å². The van der Waals surface area contributed by atoms with Crippen molar-refractivity contribution in [2.75, 3.05) is 0 Å². The van der Waals surface area contributed by atoms with E-state index in [-0.39, 0.29) is 11.4 Å². The van der Waals surface area contributed by atoms with Crippen LogP contribution < -0.4 is 0 Å². The standard InChI is InChI=1S/C12H9FN2O/c13-10-7-4-8-14-12(10)11(15-16)9-5-2-1-3-6-9/h1-8,16H. The van der Waals surface area contributed by atoms with Crippen LogP contribution in [0.1, 0.15) is 11.3 Å². The Morgan fingerprint density at radius 1 is 1.12 bits per heavy atom. The highest BCUT2D eigenvalue weighted by molar-refractivity contribution is 6.11. The van der Waals surface area contributed by atoms with Crippen molar-refractivity contribution in [3.63, 3.8) is 0 Å². The van der Waals surface area contributed by atoms with Gasteiger partial charge in [0.25, 0.3) is 0 Å². The minimum Gasteiger partial charge on any atom is -0.410 e. The zero-order chi connectivity index (χ0) is 11.4. The second kappa shape index (κ2) is 4.53. The van der Waals surface area contributed by atoms with Gasteiger partial charge in [0.05, 0.1) is 0 Å². The van der Waals surface area contributed by atoms with Gasteiger partial charge in [-0.3, -0.25) is 4.98 Å². The molecule has 0 saturated carbocycles. The third-order valence-corrected chi connectivity index (χ3v) is 2.13. The van der Waals surface area contributed by atoms with Crippen LogP contribution in [0.5, 0.6) is 0 Å². The van der Waals surface area contributed by atoms with Crippen LogP contribution in [-0.2, 0) is 0 Å². The summed E-state index contributed by atoms with van der Waals surface area (Å²) in [5.41, 5.74) is 0.775. The zero-order valence-electron chi connectivity index (χ0n) is 8.34. The Balaban J connectivity index is 2.51. The molecule has 2 aromatic rings. The van der Waals surface area contributed by atoms with Gasteiger partial charge in [-0.2, -0.15) is 0 Å². The van der Waals surface area contributed by atoms with E-state index in [1.807, 2.05) is 6.07 Å². The molecule has 0 fully saturated rings. The molecule has 0 aliphatic rings. The molecule has 3 nitrogen and oxygen atoms in total. The van der Waals surface area contributed by atoms with Crippen molar-refractivity contribution in [1.29, 1.82) is 0 Å². The quantitative estimate of drug-likeness (QED) is 0.476. The first kappa shape index (κ1) is 10.3. The van der Waals surface area contributed by atoms with E-state index in [4.69, 9.17) is 5.21 Å². The Morgan fingerprint density at radius 3 is 2.50 bits per heavy atom. The first-order valence-electron chi connectivity index (χ1n) is 4.71. The largest absolute Gasteiger partial charge is 0.410 e. The van der Waals surface area contributed by atoms with Crippen LogP contribution in [0, 0.1) is 5.82 Å². The molecule has 1 heterocycles. The third-order valence-electron chi connectivity index (χ3n) is 2.13. The fourth-order valence-corrected chi connectivity index (χ4v) is 1.40. The highest BCUT2D eigenvalue weighted by Crippen LogP contribution is 2.11. The van der Waals surface area contributed by atoms with E-state index in [1.165, 1.54) is 18.3 Å². The first-order valence-corrected chi connectivity index (χ1v) is 4.71. The van der Waals surface area contributed by atoms with Gasteiger partial charge in [-0.1, -0.05) is 35.5 Å². The molecule has 2 rings (SSSR count). The van der Waals surface area contributed by atoms with Gasteiger partial charge in [0, 0.05) is 11.8 Å². The Bertz CT molecular complexity index is 511. The second-order valence-electron chi connectivity index (χ2n) is 3.15. The smallest absolute Gasteiger partial charge is 0.151 e. The van der Waals surface area contributed by atoms with Crippen molar-refractivity contribution in [1.82, 2.24) is 4.98 Å². The van der Waals surface area contributed by atoms with Crippen LogP contribution in [0.25, 0.3) is 0 Å². The molecule has 0 aliphatic carbocycles. The monoisotopic (exact) mass is 216 g/mol. The van der Waals surface area contributed by atoms with E-state index < -0.39 is 5.82 Å². The van der Waals surface area contributed by atoms with E-state index in [2.05, 4.69) is 10.1 Å². The van der Waals surface area contributed by atoms with Crippen LogP contribution in [0.2, 0.25) is 0 Å². The van der Waals surface area contributed by atoms with Crippen molar-refractivity contribution in [3.05, 3.63) is 65.7 Å². The maximum atomic E-state index is 13.5. The average molecular weight is 216 g/mol. The number of rotatable bonds is 2. The molecular weight excluding hydrogens is 207 g/mol. The number of halogens is 1. The molecule has 4 heteroatoms. The van der Waals surface area contributed by atoms with Crippen molar-refractivity contribution in [2.24, 2.45) is 5.16 Å². The average Bonchev–Trinajstić information content (AvgIpc) is 2.34. The summed E-state index contributed by atoms with van der Waals surface area (Å²) in [6, 6.07) is 11.6. The number of pyridine rings is 1. The third kappa shape index (κ3) is 1.91. The lowest BCUT2D eigenvalue weighted by Crippen LogP contribution is -2.08. The van der Waals surface area contributed by atoms with Crippen molar-refractivity contribution in [3.8, 4) is 0 Å². The lowest BCUT2D eigenvalue weighted by Gasteiger charge is -2.04. The van der Waals surface area contributed by atoms with Crippen molar-refractivity contribution >= 4 is 5.71 Å². The van der Waals surface area contributed by atoms with Crippen LogP contribution in [-0.4, -0.2) is 15.9 Å². The number of hydrogen-bond acceptors (Lipinski definition) is 3. The minimum absolute atomic E-state index is 0.0381. The van der Waals surface area contributed by atoms with Gasteiger partial charge in [-0.05, 0) is 12.1 Å². The van der Waals surface area contributed by atoms with Crippen LogP contribution >= 0.6 is 0 Å². The topological polar surface area (TPSA) is 45.5 Å². The summed E-state index contributed by atoms with van der Waals surface area (Å²) in [4.78, 5) is 3.86. The summed E-state index contributed by atoms with van der Waals surface area (Å²) >= 11 is 0. The van der Waals surface area contributed by atoms with Gasteiger partial charge in [0.15, 0.2) is 5.82 Å². The molecule has 0 aliphatic heterocycles. The maximum Gasteiger partial charge on any atom is 0.151 e. The van der Waals surface area contributed by atoms with Crippen LogP contribution in [0.3, 0.4) is 0 Å². The predicted molar refractivity (Wildman–Crippen MR) is 58.1 cm³/mol. The molecule has 0 unspecified atom stereocenters. The van der Waals surface area contributed by atoms with Gasteiger partial charge in [-0.25, -0.2) is 4.39 Å². The minimum atomic E-state index is -0.515. The Morgan fingerprint density at radius 2 is 1.88 bits per heavy atom. The molecule has 1 N–H and O–H groups in total. The molecular formula is C12H9FN2O. The van der Waals surface area contributed by atoms with E-state index in [0.717, 1.165) is 0 Å². The van der Waals surface area contributed by atoms with Gasteiger partial charge in [0.1, 0.15) is 11.4 Å². The molecule has 0 atom stereocenters. The number of aromatic nitrogens is 1. The normalized spacial score (nSPS) is 11.4. The Hall–Kier alpha value is -2.23. The second-order valence-corrected chi connectivity index (χ2v) is 3.15. The number of benzene rings is 1. The molecule has 0 radical (unpaired) electrons. The molecule has 16 heavy (non-hydrogen) atoms. The van der Waals surface area contributed by atoms with Gasteiger partial charge in [-0.15, -0.1) is 0 Å². The zero-order valence-corrected chi connectivity index (χ0v) is 8.34. The maximum absolute atomic E-state index is 13.5. The fourth-order valence-electron chi connectivity index (χ4n) is 1.40. The summed E-state index contributed by atoms with van der Waals surface area (Å²) in [5.74, 6) is -0.515. The van der Waals surface area contributed by atoms with Crippen LogP contribution in [0.4, 0.5) is 4.39 Å². The molecule has 0 amide bonds. The summed E-state index contributed by atoms with van der Waals surface area (Å²) in [7, 11) is 0. The number of nitrogens with zero attached hydrogens (tertiary/aromatic N) is 2. The SMILES string of the molecule is ON=C(c1ccccc1)c1ncccc1F. The van der Waals surface area contributed by atoms with E-state index in [9.17, 15) is 4.39 Å². The first-order chi connectivity index (χ1) is 7.83. The van der Waals surface area contributed by atoms with E-state index >= 15 is 0 Å². The van der Waals surface area contributed by atoms with Gasteiger partial charge < -0.3 is 5.21 Å². The number of oxime groups is 1. The Kier molecular flexibility index (Phi) is 2.91.